The zero-order valence-electron chi connectivity index (χ0n) is 9.49. The maximum atomic E-state index is 10.8. The van der Waals surface area contributed by atoms with Crippen molar-refractivity contribution < 1.29 is 4.79 Å². The molecule has 0 saturated carbocycles. The topological polar surface area (TPSA) is 54.0 Å². The molecule has 0 aliphatic carbocycles. The molecular formula is C12H17N3O. The number of carbonyl (C=O) groups is 1. The van der Waals surface area contributed by atoms with Crippen molar-refractivity contribution in [3.63, 3.8) is 0 Å². The van der Waals surface area contributed by atoms with Crippen LogP contribution in [0.5, 0.6) is 0 Å². The standard InChI is InChI=1S/C12H17N3O/c1-9(16)15-8-11-7-10(4-6-13-11)12-3-2-5-14-12/h4,6-7,12,14H,2-3,5,8H2,1H3,(H,15,16)/t12-/m1/s1. The van der Waals surface area contributed by atoms with Crippen molar-refractivity contribution in [2.24, 2.45) is 0 Å². The second-order valence-electron chi connectivity index (χ2n) is 4.14. The summed E-state index contributed by atoms with van der Waals surface area (Å²) in [6.07, 6.45) is 4.23. The lowest BCUT2D eigenvalue weighted by atomic mass is 10.1. The maximum absolute atomic E-state index is 10.8. The van der Waals surface area contributed by atoms with Gasteiger partial charge < -0.3 is 10.6 Å². The van der Waals surface area contributed by atoms with Gasteiger partial charge in [0.05, 0.1) is 12.2 Å². The van der Waals surface area contributed by atoms with E-state index in [4.69, 9.17) is 0 Å². The largest absolute Gasteiger partial charge is 0.351 e. The summed E-state index contributed by atoms with van der Waals surface area (Å²) >= 11 is 0. The predicted octanol–water partition coefficient (Wildman–Crippen LogP) is 1.14. The van der Waals surface area contributed by atoms with Crippen LogP contribution >= 0.6 is 0 Å². The van der Waals surface area contributed by atoms with Gasteiger partial charge in [0.2, 0.25) is 5.91 Å². The Labute approximate surface area is 95.5 Å². The van der Waals surface area contributed by atoms with Crippen LogP contribution < -0.4 is 10.6 Å². The van der Waals surface area contributed by atoms with Crippen molar-refractivity contribution in [2.45, 2.75) is 32.4 Å². The van der Waals surface area contributed by atoms with E-state index in [0.29, 0.717) is 12.6 Å². The number of aromatic nitrogens is 1. The van der Waals surface area contributed by atoms with E-state index < -0.39 is 0 Å². The Morgan fingerprint density at radius 3 is 3.25 bits per heavy atom. The number of rotatable bonds is 3. The van der Waals surface area contributed by atoms with Crippen LogP contribution in [0.1, 0.15) is 37.1 Å². The number of nitrogens with zero attached hydrogens (tertiary/aromatic N) is 1. The summed E-state index contributed by atoms with van der Waals surface area (Å²) in [5, 5.41) is 6.21. The van der Waals surface area contributed by atoms with Gasteiger partial charge in [0, 0.05) is 19.2 Å². The number of carbonyl (C=O) groups excluding carboxylic acids is 1. The lowest BCUT2D eigenvalue weighted by Crippen LogP contribution is -2.20. The van der Waals surface area contributed by atoms with E-state index in [-0.39, 0.29) is 5.91 Å². The van der Waals surface area contributed by atoms with Crippen LogP contribution in [0.4, 0.5) is 0 Å². The molecule has 0 bridgehead atoms. The van der Waals surface area contributed by atoms with Crippen LogP contribution in [-0.2, 0) is 11.3 Å². The molecule has 16 heavy (non-hydrogen) atoms. The third-order valence-corrected chi connectivity index (χ3v) is 2.82. The summed E-state index contributed by atoms with van der Waals surface area (Å²) in [5.41, 5.74) is 2.19. The molecule has 2 rings (SSSR count). The molecule has 1 aromatic heterocycles. The highest BCUT2D eigenvalue weighted by molar-refractivity contribution is 5.72. The molecule has 1 fully saturated rings. The fourth-order valence-electron chi connectivity index (χ4n) is 1.99. The van der Waals surface area contributed by atoms with Crippen molar-refractivity contribution >= 4 is 5.91 Å². The number of hydrogen-bond acceptors (Lipinski definition) is 3. The zero-order valence-corrected chi connectivity index (χ0v) is 9.49. The second-order valence-corrected chi connectivity index (χ2v) is 4.14. The fourth-order valence-corrected chi connectivity index (χ4v) is 1.99. The van der Waals surface area contributed by atoms with Gasteiger partial charge in [-0.3, -0.25) is 9.78 Å². The quantitative estimate of drug-likeness (QED) is 0.801. The lowest BCUT2D eigenvalue weighted by Gasteiger charge is -2.11. The molecule has 86 valence electrons. The van der Waals surface area contributed by atoms with Crippen molar-refractivity contribution in [3.8, 4) is 0 Å². The third kappa shape index (κ3) is 2.79. The molecule has 0 spiro atoms. The summed E-state index contributed by atoms with van der Waals surface area (Å²) < 4.78 is 0. The molecule has 1 aliphatic rings. The summed E-state index contributed by atoms with van der Waals surface area (Å²) in [7, 11) is 0. The zero-order chi connectivity index (χ0) is 11.4. The molecule has 2 heterocycles. The number of nitrogens with one attached hydrogen (secondary N) is 2. The van der Waals surface area contributed by atoms with E-state index in [1.807, 2.05) is 12.3 Å². The minimum Gasteiger partial charge on any atom is -0.351 e. The van der Waals surface area contributed by atoms with Crippen LogP contribution in [0.3, 0.4) is 0 Å². The average molecular weight is 219 g/mol. The molecule has 0 radical (unpaired) electrons. The molecule has 1 aromatic rings. The first-order chi connectivity index (χ1) is 7.75. The Balaban J connectivity index is 2.03. The van der Waals surface area contributed by atoms with Crippen molar-refractivity contribution in [3.05, 3.63) is 29.6 Å². The van der Waals surface area contributed by atoms with Crippen LogP contribution in [0, 0.1) is 0 Å². The summed E-state index contributed by atoms with van der Waals surface area (Å²) in [6.45, 7) is 3.12. The van der Waals surface area contributed by atoms with Crippen molar-refractivity contribution in [1.82, 2.24) is 15.6 Å². The third-order valence-electron chi connectivity index (χ3n) is 2.82. The molecular weight excluding hydrogens is 202 g/mol. The van der Waals surface area contributed by atoms with Crippen LogP contribution in [-0.4, -0.2) is 17.4 Å². The monoisotopic (exact) mass is 219 g/mol. The van der Waals surface area contributed by atoms with Gasteiger partial charge in [0.1, 0.15) is 0 Å². The van der Waals surface area contributed by atoms with E-state index in [2.05, 4.69) is 21.7 Å². The Hall–Kier alpha value is -1.42. The summed E-state index contributed by atoms with van der Waals surface area (Å²) in [6, 6.07) is 4.57. The van der Waals surface area contributed by atoms with Gasteiger partial charge in [-0.25, -0.2) is 0 Å². The number of hydrogen-bond donors (Lipinski definition) is 2. The molecule has 1 amide bonds. The van der Waals surface area contributed by atoms with E-state index >= 15 is 0 Å². The van der Waals surface area contributed by atoms with E-state index in [1.54, 1.807) is 0 Å². The van der Waals surface area contributed by atoms with Crippen LogP contribution in [0.25, 0.3) is 0 Å². The molecule has 1 atom stereocenters. The number of amides is 1. The maximum Gasteiger partial charge on any atom is 0.217 e. The molecule has 2 N–H and O–H groups in total. The first-order valence-corrected chi connectivity index (χ1v) is 5.68. The highest BCUT2D eigenvalue weighted by atomic mass is 16.1. The van der Waals surface area contributed by atoms with Gasteiger partial charge in [0.15, 0.2) is 0 Å². The van der Waals surface area contributed by atoms with Crippen LogP contribution in [0.2, 0.25) is 0 Å². The molecule has 4 nitrogen and oxygen atoms in total. The normalized spacial score (nSPS) is 19.7. The van der Waals surface area contributed by atoms with Gasteiger partial charge in [0.25, 0.3) is 0 Å². The Morgan fingerprint density at radius 2 is 2.56 bits per heavy atom. The van der Waals surface area contributed by atoms with E-state index in [0.717, 1.165) is 12.2 Å². The van der Waals surface area contributed by atoms with Gasteiger partial charge in [-0.05, 0) is 37.1 Å². The smallest absolute Gasteiger partial charge is 0.217 e. The predicted molar refractivity (Wildman–Crippen MR) is 61.7 cm³/mol. The van der Waals surface area contributed by atoms with Crippen molar-refractivity contribution in [1.29, 1.82) is 0 Å². The molecule has 4 heteroatoms. The van der Waals surface area contributed by atoms with Gasteiger partial charge in [-0.1, -0.05) is 0 Å². The van der Waals surface area contributed by atoms with Gasteiger partial charge in [-0.2, -0.15) is 0 Å². The van der Waals surface area contributed by atoms with Crippen LogP contribution in [0.15, 0.2) is 18.3 Å². The summed E-state index contributed by atoms with van der Waals surface area (Å²) in [5.74, 6) is -0.0220. The minimum absolute atomic E-state index is 0.0220. The van der Waals surface area contributed by atoms with E-state index in [1.165, 1.54) is 25.3 Å². The average Bonchev–Trinajstić information content (AvgIpc) is 2.80. The van der Waals surface area contributed by atoms with Crippen molar-refractivity contribution in [2.75, 3.05) is 6.54 Å². The minimum atomic E-state index is -0.0220. The number of pyridine rings is 1. The Morgan fingerprint density at radius 1 is 1.69 bits per heavy atom. The molecule has 0 unspecified atom stereocenters. The molecule has 1 aliphatic heterocycles. The lowest BCUT2D eigenvalue weighted by molar-refractivity contribution is -0.119. The van der Waals surface area contributed by atoms with E-state index in [9.17, 15) is 4.79 Å². The Bertz CT molecular complexity index is 372. The highest BCUT2D eigenvalue weighted by Crippen LogP contribution is 2.22. The molecule has 1 saturated heterocycles. The van der Waals surface area contributed by atoms with Gasteiger partial charge in [-0.15, -0.1) is 0 Å². The highest BCUT2D eigenvalue weighted by Gasteiger charge is 2.16. The molecule has 0 aromatic carbocycles. The summed E-state index contributed by atoms with van der Waals surface area (Å²) in [4.78, 5) is 15.0. The fraction of sp³-hybridized carbons (Fsp3) is 0.500. The van der Waals surface area contributed by atoms with Gasteiger partial charge >= 0.3 is 0 Å². The SMILES string of the molecule is CC(=O)NCc1cc([C@H]2CCCN2)ccn1. The first-order valence-electron chi connectivity index (χ1n) is 5.68. The Kier molecular flexibility index (Phi) is 3.51. The first kappa shape index (κ1) is 11.1. The second kappa shape index (κ2) is 5.07.